The van der Waals surface area contributed by atoms with Gasteiger partial charge < -0.3 is 15.0 Å². The Kier molecular flexibility index (Phi) is 4.36. The lowest BCUT2D eigenvalue weighted by molar-refractivity contribution is -0.0946. The molecule has 2 unspecified atom stereocenters. The number of morpholine rings is 1. The molecule has 0 radical (unpaired) electrons. The second kappa shape index (κ2) is 5.67. The zero-order chi connectivity index (χ0) is 14.0. The van der Waals surface area contributed by atoms with Crippen LogP contribution in [0.25, 0.3) is 0 Å². The van der Waals surface area contributed by atoms with Gasteiger partial charge in [0.15, 0.2) is 5.96 Å². The zero-order valence-electron chi connectivity index (χ0n) is 12.9. The van der Waals surface area contributed by atoms with Crippen LogP contribution in [-0.4, -0.2) is 73.3 Å². The summed E-state index contributed by atoms with van der Waals surface area (Å²) in [6.07, 6.45) is 0.629. The third kappa shape index (κ3) is 3.60. The van der Waals surface area contributed by atoms with Crippen LogP contribution in [0.5, 0.6) is 0 Å². The van der Waals surface area contributed by atoms with Crippen molar-refractivity contribution in [3.8, 4) is 0 Å². The molecule has 0 aromatic carbocycles. The largest absolute Gasteiger partial charge is 0.373 e. The lowest BCUT2D eigenvalue weighted by Gasteiger charge is -2.45. The minimum absolute atomic E-state index is 0.109. The van der Waals surface area contributed by atoms with Crippen LogP contribution in [-0.2, 0) is 4.74 Å². The van der Waals surface area contributed by atoms with Gasteiger partial charge in [-0.1, -0.05) is 0 Å². The highest BCUT2D eigenvalue weighted by atomic mass is 16.5. The molecule has 1 fully saturated rings. The molecule has 0 saturated carbocycles. The fraction of sp³-hybridized carbons (Fsp3) is 0.929. The molecular formula is C14H28N4O. The molecule has 19 heavy (non-hydrogen) atoms. The molecule has 1 N–H and O–H groups in total. The van der Waals surface area contributed by atoms with E-state index in [-0.39, 0.29) is 5.54 Å². The van der Waals surface area contributed by atoms with Gasteiger partial charge in [0, 0.05) is 38.8 Å². The van der Waals surface area contributed by atoms with Gasteiger partial charge in [-0.05, 0) is 27.7 Å². The summed E-state index contributed by atoms with van der Waals surface area (Å²) in [5.74, 6) is 1.03. The van der Waals surface area contributed by atoms with Crippen molar-refractivity contribution in [3.63, 3.8) is 0 Å². The van der Waals surface area contributed by atoms with E-state index in [1.807, 2.05) is 0 Å². The van der Waals surface area contributed by atoms with Gasteiger partial charge in [-0.3, -0.25) is 9.89 Å². The molecule has 0 aromatic heterocycles. The zero-order valence-corrected chi connectivity index (χ0v) is 12.9. The van der Waals surface area contributed by atoms with Gasteiger partial charge in [0.05, 0.1) is 18.8 Å². The minimum atomic E-state index is 0.109. The molecule has 5 nitrogen and oxygen atoms in total. The predicted octanol–water partition coefficient (Wildman–Crippen LogP) is 0.765. The van der Waals surface area contributed by atoms with Crippen molar-refractivity contribution in [2.24, 2.45) is 4.99 Å². The Bertz CT molecular complexity index is 332. The van der Waals surface area contributed by atoms with Crippen LogP contribution < -0.4 is 5.32 Å². The van der Waals surface area contributed by atoms with Crippen molar-refractivity contribution in [2.45, 2.75) is 45.4 Å². The van der Waals surface area contributed by atoms with Gasteiger partial charge >= 0.3 is 0 Å². The van der Waals surface area contributed by atoms with E-state index in [9.17, 15) is 0 Å². The van der Waals surface area contributed by atoms with Crippen molar-refractivity contribution in [1.29, 1.82) is 0 Å². The maximum atomic E-state index is 5.81. The summed E-state index contributed by atoms with van der Waals surface area (Å²) in [4.78, 5) is 9.19. The SMILES string of the molecule is CC1CN(C(C)(C)CNC2=NCCN2C)CC(C)O1. The van der Waals surface area contributed by atoms with Crippen LogP contribution in [0.15, 0.2) is 4.99 Å². The third-order valence-corrected chi connectivity index (χ3v) is 4.01. The van der Waals surface area contributed by atoms with E-state index in [1.165, 1.54) is 0 Å². The quantitative estimate of drug-likeness (QED) is 0.820. The Morgan fingerprint density at radius 2 is 1.95 bits per heavy atom. The Morgan fingerprint density at radius 1 is 1.32 bits per heavy atom. The predicted molar refractivity (Wildman–Crippen MR) is 78.6 cm³/mol. The summed E-state index contributed by atoms with van der Waals surface area (Å²) < 4.78 is 5.81. The van der Waals surface area contributed by atoms with Crippen molar-refractivity contribution in [1.82, 2.24) is 15.1 Å². The first-order valence-electron chi connectivity index (χ1n) is 7.28. The lowest BCUT2D eigenvalue weighted by atomic mass is 10.00. The Morgan fingerprint density at radius 3 is 2.47 bits per heavy atom. The van der Waals surface area contributed by atoms with Crippen LogP contribution in [0.2, 0.25) is 0 Å². The van der Waals surface area contributed by atoms with Gasteiger partial charge in [0.1, 0.15) is 0 Å². The van der Waals surface area contributed by atoms with Gasteiger partial charge in [-0.25, -0.2) is 0 Å². The fourth-order valence-electron chi connectivity index (χ4n) is 2.80. The van der Waals surface area contributed by atoms with E-state index < -0.39 is 0 Å². The lowest BCUT2D eigenvalue weighted by Crippen LogP contribution is -2.59. The first kappa shape index (κ1) is 14.6. The summed E-state index contributed by atoms with van der Waals surface area (Å²) in [5, 5.41) is 3.49. The molecule has 2 rings (SSSR count). The highest BCUT2D eigenvalue weighted by molar-refractivity contribution is 5.81. The molecule has 0 aliphatic carbocycles. The average molecular weight is 268 g/mol. The average Bonchev–Trinajstić information content (AvgIpc) is 2.71. The second-order valence-electron chi connectivity index (χ2n) is 6.46. The molecule has 0 aromatic rings. The van der Waals surface area contributed by atoms with Crippen molar-refractivity contribution >= 4 is 5.96 Å². The molecule has 110 valence electrons. The monoisotopic (exact) mass is 268 g/mol. The minimum Gasteiger partial charge on any atom is -0.373 e. The number of guanidine groups is 1. The number of hydrogen-bond donors (Lipinski definition) is 1. The smallest absolute Gasteiger partial charge is 0.193 e. The van der Waals surface area contributed by atoms with Crippen molar-refractivity contribution in [2.75, 3.05) is 39.8 Å². The molecule has 0 amide bonds. The molecule has 0 bridgehead atoms. The molecule has 0 spiro atoms. The number of likely N-dealkylation sites (N-methyl/N-ethyl adjacent to an activating group) is 1. The molecule has 2 heterocycles. The first-order chi connectivity index (χ1) is 8.88. The Balaban J connectivity index is 1.90. The summed E-state index contributed by atoms with van der Waals surface area (Å²) in [6.45, 7) is 13.7. The number of hydrogen-bond acceptors (Lipinski definition) is 5. The molecule has 2 aliphatic rings. The van der Waals surface area contributed by atoms with E-state index in [1.54, 1.807) is 0 Å². The highest BCUT2D eigenvalue weighted by Crippen LogP contribution is 2.20. The topological polar surface area (TPSA) is 40.1 Å². The number of nitrogens with zero attached hydrogens (tertiary/aromatic N) is 3. The molecule has 5 heteroatoms. The molecule has 2 aliphatic heterocycles. The van der Waals surface area contributed by atoms with E-state index in [4.69, 9.17) is 4.74 Å². The van der Waals surface area contributed by atoms with Crippen molar-refractivity contribution in [3.05, 3.63) is 0 Å². The summed E-state index contributed by atoms with van der Waals surface area (Å²) >= 11 is 0. The summed E-state index contributed by atoms with van der Waals surface area (Å²) in [5.41, 5.74) is 0.109. The normalized spacial score (nSPS) is 29.5. The first-order valence-corrected chi connectivity index (χ1v) is 7.28. The number of ether oxygens (including phenoxy) is 1. The summed E-state index contributed by atoms with van der Waals surface area (Å²) in [7, 11) is 2.09. The maximum absolute atomic E-state index is 5.81. The van der Waals surface area contributed by atoms with E-state index in [0.29, 0.717) is 12.2 Å². The third-order valence-electron chi connectivity index (χ3n) is 4.01. The standard InChI is InChI=1S/C14H28N4O/c1-11-8-18(9-12(2)19-11)14(3,4)10-16-13-15-6-7-17(13)5/h11-12H,6-10H2,1-5H3,(H,15,16). The number of nitrogens with one attached hydrogen (secondary N) is 1. The van der Waals surface area contributed by atoms with Gasteiger partial charge in [0.25, 0.3) is 0 Å². The van der Waals surface area contributed by atoms with Gasteiger partial charge in [-0.15, -0.1) is 0 Å². The van der Waals surface area contributed by atoms with E-state index >= 15 is 0 Å². The summed E-state index contributed by atoms with van der Waals surface area (Å²) in [6, 6.07) is 0. The highest BCUT2D eigenvalue weighted by Gasteiger charge is 2.33. The van der Waals surface area contributed by atoms with Crippen LogP contribution in [0.4, 0.5) is 0 Å². The Labute approximate surface area is 117 Å². The van der Waals surface area contributed by atoms with Crippen LogP contribution in [0.1, 0.15) is 27.7 Å². The van der Waals surface area contributed by atoms with Crippen LogP contribution >= 0.6 is 0 Å². The van der Waals surface area contributed by atoms with Crippen molar-refractivity contribution < 1.29 is 4.74 Å². The van der Waals surface area contributed by atoms with Crippen LogP contribution in [0, 0.1) is 0 Å². The molecule has 1 saturated heterocycles. The number of aliphatic imine (C=N–C) groups is 1. The van der Waals surface area contributed by atoms with E-state index in [2.05, 4.69) is 54.9 Å². The van der Waals surface area contributed by atoms with E-state index in [0.717, 1.165) is 38.7 Å². The molecule has 2 atom stereocenters. The maximum Gasteiger partial charge on any atom is 0.193 e. The number of rotatable bonds is 3. The van der Waals surface area contributed by atoms with Crippen LogP contribution in [0.3, 0.4) is 0 Å². The van der Waals surface area contributed by atoms with Gasteiger partial charge in [-0.2, -0.15) is 0 Å². The molecular weight excluding hydrogens is 240 g/mol. The Hall–Kier alpha value is -0.810. The van der Waals surface area contributed by atoms with Gasteiger partial charge in [0.2, 0.25) is 0 Å². The fourth-order valence-corrected chi connectivity index (χ4v) is 2.80. The second-order valence-corrected chi connectivity index (χ2v) is 6.46.